The lowest BCUT2D eigenvalue weighted by atomic mass is 10.0. The molecule has 2 aliphatic heterocycles. The molecule has 2 aromatic rings. The van der Waals surface area contributed by atoms with Crippen LogP contribution in [-0.2, 0) is 29.2 Å². The van der Waals surface area contributed by atoms with Crippen molar-refractivity contribution < 1.29 is 14.4 Å². The van der Waals surface area contributed by atoms with Gasteiger partial charge in [-0.1, -0.05) is 18.2 Å². The summed E-state index contributed by atoms with van der Waals surface area (Å²) in [6.07, 6.45) is 4.20. The fourth-order valence-corrected chi connectivity index (χ4v) is 4.14. The summed E-state index contributed by atoms with van der Waals surface area (Å²) in [5.74, 6) is -0.848. The van der Waals surface area contributed by atoms with Gasteiger partial charge < -0.3 is 16.0 Å². The summed E-state index contributed by atoms with van der Waals surface area (Å²) in [5, 5.41) is 9.88. The van der Waals surface area contributed by atoms with E-state index in [2.05, 4.69) is 15.7 Å². The monoisotopic (exact) mass is 410 g/mol. The lowest BCUT2D eigenvalue weighted by Gasteiger charge is -2.29. The lowest BCUT2D eigenvalue weighted by Crippen LogP contribution is -2.52. The van der Waals surface area contributed by atoms with E-state index in [1.165, 1.54) is 0 Å². The SMILES string of the molecule is CC(N)(CNCc1cccc2c1C(=O)N(C1CCC(=O)NC1=O)C2)Cn1cccn1. The highest BCUT2D eigenvalue weighted by molar-refractivity contribution is 6.05. The summed E-state index contributed by atoms with van der Waals surface area (Å²) in [6.45, 7) is 3.93. The van der Waals surface area contributed by atoms with Gasteiger partial charge in [-0.15, -0.1) is 0 Å². The zero-order valence-corrected chi connectivity index (χ0v) is 16.9. The second-order valence-electron chi connectivity index (χ2n) is 8.31. The van der Waals surface area contributed by atoms with Crippen LogP contribution in [0.5, 0.6) is 0 Å². The molecule has 9 heteroatoms. The number of carbonyl (C=O) groups excluding carboxylic acids is 3. The molecule has 2 atom stereocenters. The van der Waals surface area contributed by atoms with Crippen molar-refractivity contribution in [2.75, 3.05) is 6.54 Å². The first-order valence-electron chi connectivity index (χ1n) is 10.1. The number of benzene rings is 1. The van der Waals surface area contributed by atoms with Crippen LogP contribution in [0, 0.1) is 0 Å². The van der Waals surface area contributed by atoms with Gasteiger partial charge in [0.05, 0.1) is 6.54 Å². The molecule has 4 N–H and O–H groups in total. The van der Waals surface area contributed by atoms with E-state index in [0.29, 0.717) is 38.2 Å². The Balaban J connectivity index is 1.42. The number of nitrogens with two attached hydrogens (primary N) is 1. The highest BCUT2D eigenvalue weighted by Gasteiger charge is 2.39. The molecule has 1 saturated heterocycles. The molecule has 2 aliphatic rings. The zero-order chi connectivity index (χ0) is 21.3. The summed E-state index contributed by atoms with van der Waals surface area (Å²) < 4.78 is 1.79. The Morgan fingerprint density at radius 3 is 2.87 bits per heavy atom. The molecule has 1 fully saturated rings. The van der Waals surface area contributed by atoms with Crippen LogP contribution in [0.1, 0.15) is 41.3 Å². The number of imide groups is 1. The highest BCUT2D eigenvalue weighted by Crippen LogP contribution is 2.29. The van der Waals surface area contributed by atoms with Crippen LogP contribution in [0.2, 0.25) is 0 Å². The van der Waals surface area contributed by atoms with Crippen LogP contribution in [0.25, 0.3) is 0 Å². The number of hydrogen-bond acceptors (Lipinski definition) is 6. The van der Waals surface area contributed by atoms with Crippen molar-refractivity contribution in [3.63, 3.8) is 0 Å². The number of nitrogens with one attached hydrogen (secondary N) is 2. The number of hydrogen-bond donors (Lipinski definition) is 3. The van der Waals surface area contributed by atoms with Gasteiger partial charge in [0.1, 0.15) is 6.04 Å². The van der Waals surface area contributed by atoms with E-state index in [9.17, 15) is 14.4 Å². The normalized spacial score (nSPS) is 20.8. The molecule has 0 aliphatic carbocycles. The summed E-state index contributed by atoms with van der Waals surface area (Å²) in [6, 6.07) is 7.00. The van der Waals surface area contributed by atoms with Gasteiger partial charge in [0.2, 0.25) is 11.8 Å². The minimum atomic E-state index is -0.607. The van der Waals surface area contributed by atoms with Crippen molar-refractivity contribution in [1.82, 2.24) is 25.3 Å². The fraction of sp³-hybridized carbons (Fsp3) is 0.429. The maximum absolute atomic E-state index is 13.1. The van der Waals surface area contributed by atoms with Crippen LogP contribution >= 0.6 is 0 Å². The smallest absolute Gasteiger partial charge is 0.255 e. The molecule has 0 saturated carbocycles. The molecule has 1 aromatic carbocycles. The molecule has 158 valence electrons. The fourth-order valence-electron chi connectivity index (χ4n) is 4.14. The van der Waals surface area contributed by atoms with Gasteiger partial charge in [0, 0.05) is 49.6 Å². The highest BCUT2D eigenvalue weighted by atomic mass is 16.2. The van der Waals surface area contributed by atoms with E-state index in [4.69, 9.17) is 5.73 Å². The molecular weight excluding hydrogens is 384 g/mol. The zero-order valence-electron chi connectivity index (χ0n) is 16.9. The average molecular weight is 410 g/mol. The van der Waals surface area contributed by atoms with E-state index < -0.39 is 17.5 Å². The number of piperidine rings is 1. The molecule has 3 amide bonds. The third kappa shape index (κ3) is 4.12. The minimum Gasteiger partial charge on any atom is -0.323 e. The Morgan fingerprint density at radius 1 is 1.30 bits per heavy atom. The molecule has 3 heterocycles. The summed E-state index contributed by atoms with van der Waals surface area (Å²) in [4.78, 5) is 38.3. The molecule has 9 nitrogen and oxygen atoms in total. The Kier molecular flexibility index (Phi) is 5.40. The van der Waals surface area contributed by atoms with Gasteiger partial charge in [0.25, 0.3) is 5.91 Å². The van der Waals surface area contributed by atoms with Gasteiger partial charge in [-0.2, -0.15) is 5.10 Å². The molecule has 0 spiro atoms. The van der Waals surface area contributed by atoms with Gasteiger partial charge in [-0.3, -0.25) is 24.4 Å². The number of nitrogens with zero attached hydrogens (tertiary/aromatic N) is 3. The average Bonchev–Trinajstić information content (AvgIpc) is 3.30. The summed E-state index contributed by atoms with van der Waals surface area (Å²) in [7, 11) is 0. The molecule has 0 radical (unpaired) electrons. The second kappa shape index (κ2) is 8.00. The van der Waals surface area contributed by atoms with E-state index in [1.54, 1.807) is 15.8 Å². The molecule has 4 rings (SSSR count). The van der Waals surface area contributed by atoms with Gasteiger partial charge in [-0.25, -0.2) is 0 Å². The first-order chi connectivity index (χ1) is 14.3. The van der Waals surface area contributed by atoms with Crippen LogP contribution in [0.4, 0.5) is 0 Å². The largest absolute Gasteiger partial charge is 0.323 e. The predicted octanol–water partition coefficient (Wildman–Crippen LogP) is 0.151. The van der Waals surface area contributed by atoms with Crippen LogP contribution in [0.3, 0.4) is 0 Å². The third-order valence-electron chi connectivity index (χ3n) is 5.57. The Morgan fingerprint density at radius 2 is 2.13 bits per heavy atom. The molecular formula is C21H26N6O3. The first-order valence-corrected chi connectivity index (χ1v) is 10.1. The standard InChI is InChI=1S/C21H26N6O3/c1-21(22,13-26-9-3-8-24-26)12-23-10-14-4-2-5-15-11-27(20(30)18(14)15)16-6-7-17(28)25-19(16)29/h2-5,8-9,16,23H,6-7,10-13,22H2,1H3,(H,25,28,29). The lowest BCUT2D eigenvalue weighted by molar-refractivity contribution is -0.136. The number of rotatable bonds is 7. The predicted molar refractivity (Wildman–Crippen MR) is 109 cm³/mol. The van der Waals surface area contributed by atoms with Crippen LogP contribution in [0.15, 0.2) is 36.7 Å². The van der Waals surface area contributed by atoms with Crippen LogP contribution in [-0.4, -0.2) is 50.5 Å². The molecule has 2 unspecified atom stereocenters. The van der Waals surface area contributed by atoms with Gasteiger partial charge in [-0.05, 0) is 30.5 Å². The molecule has 1 aromatic heterocycles. The van der Waals surface area contributed by atoms with Crippen LogP contribution < -0.4 is 16.4 Å². The van der Waals surface area contributed by atoms with Crippen molar-refractivity contribution in [3.8, 4) is 0 Å². The quantitative estimate of drug-likeness (QED) is 0.559. The number of aromatic nitrogens is 2. The number of fused-ring (bicyclic) bond motifs is 1. The first kappa shape index (κ1) is 20.2. The minimum absolute atomic E-state index is 0.163. The van der Waals surface area contributed by atoms with Crippen molar-refractivity contribution >= 4 is 17.7 Å². The van der Waals surface area contributed by atoms with Crippen molar-refractivity contribution in [2.45, 2.75) is 51.0 Å². The topological polar surface area (TPSA) is 122 Å². The summed E-state index contributed by atoms with van der Waals surface area (Å²) in [5.41, 5.74) is 8.30. The van der Waals surface area contributed by atoms with Gasteiger partial charge in [0.15, 0.2) is 0 Å². The number of carbonyl (C=O) groups is 3. The maximum atomic E-state index is 13.1. The van der Waals surface area contributed by atoms with E-state index in [0.717, 1.165) is 11.1 Å². The van der Waals surface area contributed by atoms with Crippen molar-refractivity contribution in [3.05, 3.63) is 53.3 Å². The molecule has 0 bridgehead atoms. The Bertz CT molecular complexity index is 969. The summed E-state index contributed by atoms with van der Waals surface area (Å²) >= 11 is 0. The van der Waals surface area contributed by atoms with E-state index in [1.807, 2.05) is 37.4 Å². The van der Waals surface area contributed by atoms with Gasteiger partial charge >= 0.3 is 0 Å². The molecule has 30 heavy (non-hydrogen) atoms. The van der Waals surface area contributed by atoms with Crippen molar-refractivity contribution in [1.29, 1.82) is 0 Å². The van der Waals surface area contributed by atoms with E-state index >= 15 is 0 Å². The second-order valence-corrected chi connectivity index (χ2v) is 8.31. The van der Waals surface area contributed by atoms with E-state index in [-0.39, 0.29) is 18.2 Å². The Hall–Kier alpha value is -3.04. The van der Waals surface area contributed by atoms with Crippen molar-refractivity contribution in [2.24, 2.45) is 5.73 Å². The third-order valence-corrected chi connectivity index (χ3v) is 5.57. The maximum Gasteiger partial charge on any atom is 0.255 e. The Labute approximate surface area is 174 Å². The number of amides is 3.